The number of aromatic nitrogens is 2. The summed E-state index contributed by atoms with van der Waals surface area (Å²) in [6, 6.07) is 0. The number of carbonyl (C=O) groups excluding carboxylic acids is 1. The molecular formula is C13H15FN2O7. The van der Waals surface area contributed by atoms with Crippen LogP contribution >= 0.6 is 0 Å². The first-order valence-corrected chi connectivity index (χ1v) is 6.59. The molecule has 1 fully saturated rings. The lowest BCUT2D eigenvalue weighted by atomic mass is 10.1. The second kappa shape index (κ2) is 6.86. The van der Waals surface area contributed by atoms with E-state index in [0.717, 1.165) is 30.0 Å². The summed E-state index contributed by atoms with van der Waals surface area (Å²) in [7, 11) is 1.15. The van der Waals surface area contributed by atoms with E-state index in [1.807, 2.05) is 4.98 Å². The Balaban J connectivity index is 2.40. The number of alkyl halides is 1. The lowest BCUT2D eigenvalue weighted by Crippen LogP contribution is -2.36. The van der Waals surface area contributed by atoms with Gasteiger partial charge in [0.1, 0.15) is 12.2 Å². The molecule has 0 bridgehead atoms. The molecule has 1 aliphatic rings. The number of nitrogens with zero attached hydrogens (tertiary/aromatic N) is 1. The number of rotatable bonds is 4. The normalized spacial score (nSPS) is 27.5. The number of aromatic amines is 1. The number of esters is 1. The minimum atomic E-state index is -1.98. The highest BCUT2D eigenvalue weighted by Crippen LogP contribution is 2.30. The molecule has 1 aromatic rings. The smallest absolute Gasteiger partial charge is 0.330 e. The van der Waals surface area contributed by atoms with Gasteiger partial charge in [-0.25, -0.2) is 14.0 Å². The molecule has 0 amide bonds. The van der Waals surface area contributed by atoms with Crippen molar-refractivity contribution >= 4 is 12.0 Å². The summed E-state index contributed by atoms with van der Waals surface area (Å²) < 4.78 is 24.3. The third-order valence-electron chi connectivity index (χ3n) is 3.34. The third kappa shape index (κ3) is 3.38. The number of nitrogens with one attached hydrogen (secondary N) is 1. The number of halogens is 1. The van der Waals surface area contributed by atoms with Crippen LogP contribution in [0.3, 0.4) is 0 Å². The molecule has 0 saturated carbocycles. The summed E-state index contributed by atoms with van der Waals surface area (Å²) in [5, 5.41) is 18.6. The van der Waals surface area contributed by atoms with Crippen molar-refractivity contribution < 1.29 is 28.9 Å². The molecule has 0 aromatic carbocycles. The number of carbonyl (C=O) groups is 1. The molecular weight excluding hydrogens is 315 g/mol. The molecule has 0 unspecified atom stereocenters. The quantitative estimate of drug-likeness (QED) is 0.443. The van der Waals surface area contributed by atoms with E-state index in [2.05, 4.69) is 4.74 Å². The number of hydrogen-bond donors (Lipinski definition) is 3. The molecule has 1 aromatic heterocycles. The summed E-state index contributed by atoms with van der Waals surface area (Å²) in [4.78, 5) is 36.5. The van der Waals surface area contributed by atoms with E-state index >= 15 is 0 Å². The Hall–Kier alpha value is -2.30. The average molecular weight is 330 g/mol. The second-order valence-corrected chi connectivity index (χ2v) is 4.79. The third-order valence-corrected chi connectivity index (χ3v) is 3.34. The van der Waals surface area contributed by atoms with Crippen LogP contribution in [-0.2, 0) is 14.3 Å². The Bertz CT molecular complexity index is 726. The Morgan fingerprint density at radius 2 is 2.26 bits per heavy atom. The molecule has 23 heavy (non-hydrogen) atoms. The van der Waals surface area contributed by atoms with Crippen molar-refractivity contribution in [3.8, 4) is 0 Å². The van der Waals surface area contributed by atoms with Gasteiger partial charge in [0.25, 0.3) is 5.56 Å². The Morgan fingerprint density at radius 1 is 1.57 bits per heavy atom. The van der Waals surface area contributed by atoms with Gasteiger partial charge in [0.2, 0.25) is 0 Å². The van der Waals surface area contributed by atoms with E-state index < -0.39 is 48.4 Å². The number of hydrogen-bond acceptors (Lipinski definition) is 7. The zero-order valence-electron chi connectivity index (χ0n) is 12.0. The van der Waals surface area contributed by atoms with E-state index in [-0.39, 0.29) is 5.56 Å². The van der Waals surface area contributed by atoms with Crippen molar-refractivity contribution in [1.82, 2.24) is 9.55 Å². The van der Waals surface area contributed by atoms with Gasteiger partial charge in [-0.3, -0.25) is 14.3 Å². The van der Waals surface area contributed by atoms with Crippen LogP contribution in [0.5, 0.6) is 0 Å². The number of ether oxygens (including phenoxy) is 2. The van der Waals surface area contributed by atoms with E-state index in [1.54, 1.807) is 0 Å². The van der Waals surface area contributed by atoms with Crippen LogP contribution in [0.15, 0.2) is 21.9 Å². The molecule has 2 rings (SSSR count). The monoisotopic (exact) mass is 330 g/mol. The Kier molecular flexibility index (Phi) is 5.08. The highest BCUT2D eigenvalue weighted by molar-refractivity contribution is 5.86. The van der Waals surface area contributed by atoms with Crippen LogP contribution < -0.4 is 11.2 Å². The van der Waals surface area contributed by atoms with Crippen molar-refractivity contribution in [2.24, 2.45) is 0 Å². The second-order valence-electron chi connectivity index (χ2n) is 4.79. The molecule has 10 heteroatoms. The van der Waals surface area contributed by atoms with Gasteiger partial charge in [-0.05, 0) is 6.08 Å². The fourth-order valence-electron chi connectivity index (χ4n) is 2.11. The lowest BCUT2D eigenvalue weighted by molar-refractivity contribution is -0.134. The van der Waals surface area contributed by atoms with E-state index in [1.165, 1.54) is 0 Å². The van der Waals surface area contributed by atoms with Crippen LogP contribution in [0.2, 0.25) is 0 Å². The van der Waals surface area contributed by atoms with E-state index in [4.69, 9.17) is 9.84 Å². The van der Waals surface area contributed by atoms with Crippen molar-refractivity contribution in [2.75, 3.05) is 13.7 Å². The summed E-state index contributed by atoms with van der Waals surface area (Å²) in [5.41, 5.74) is -1.87. The first-order valence-electron chi connectivity index (χ1n) is 6.59. The average Bonchev–Trinajstić information content (AvgIpc) is 2.81. The van der Waals surface area contributed by atoms with Crippen LogP contribution in [0, 0.1) is 0 Å². The van der Waals surface area contributed by atoms with Crippen molar-refractivity contribution in [1.29, 1.82) is 0 Å². The topological polar surface area (TPSA) is 131 Å². The van der Waals surface area contributed by atoms with Gasteiger partial charge in [-0.15, -0.1) is 0 Å². The lowest BCUT2D eigenvalue weighted by Gasteiger charge is -2.16. The molecule has 126 valence electrons. The van der Waals surface area contributed by atoms with Gasteiger partial charge in [0, 0.05) is 12.3 Å². The predicted octanol–water partition coefficient (Wildman–Crippen LogP) is -1.69. The summed E-state index contributed by atoms with van der Waals surface area (Å²) >= 11 is 0. The first kappa shape index (κ1) is 17.1. The maximum Gasteiger partial charge on any atom is 0.330 e. The van der Waals surface area contributed by atoms with Gasteiger partial charge >= 0.3 is 11.7 Å². The largest absolute Gasteiger partial charge is 0.466 e. The Morgan fingerprint density at radius 3 is 2.83 bits per heavy atom. The first-order chi connectivity index (χ1) is 10.9. The van der Waals surface area contributed by atoms with Gasteiger partial charge < -0.3 is 19.7 Å². The number of aliphatic hydroxyl groups excluding tert-OH is 2. The van der Waals surface area contributed by atoms with Gasteiger partial charge in [-0.1, -0.05) is 0 Å². The van der Waals surface area contributed by atoms with Crippen molar-refractivity contribution in [3.63, 3.8) is 0 Å². The zero-order chi connectivity index (χ0) is 17.1. The molecule has 0 spiro atoms. The maximum atomic E-state index is 14.1. The standard InChI is InChI=1S/C13H15FN2O7/c1-22-8(18)3-2-6-4-16(13(21)15-11(6)20)12-9(14)10(19)7(5-17)23-12/h2-4,7,9-10,12,17,19H,5H2,1H3,(H,15,20,21)/b3-2+/t7-,9+,10-,12-/m0/s1. The molecule has 1 aliphatic heterocycles. The SMILES string of the molecule is COC(=O)/C=C/c1cn([C@H]2O[C@@H](CO)[C@H](O)[C@H]2F)c(=O)[nH]c1=O. The van der Waals surface area contributed by atoms with Gasteiger partial charge in [0.05, 0.1) is 19.3 Å². The molecule has 2 heterocycles. The molecule has 4 atom stereocenters. The molecule has 1 saturated heterocycles. The van der Waals surface area contributed by atoms with Crippen molar-refractivity contribution in [3.05, 3.63) is 38.7 Å². The predicted molar refractivity (Wildman–Crippen MR) is 74.3 cm³/mol. The van der Waals surface area contributed by atoms with Crippen molar-refractivity contribution in [2.45, 2.75) is 24.6 Å². The fraction of sp³-hybridized carbons (Fsp3) is 0.462. The number of methoxy groups -OCH3 is 1. The van der Waals surface area contributed by atoms with E-state index in [0.29, 0.717) is 0 Å². The fourth-order valence-corrected chi connectivity index (χ4v) is 2.11. The summed E-state index contributed by atoms with van der Waals surface area (Å²) in [6.45, 7) is -0.634. The van der Waals surface area contributed by atoms with Crippen LogP contribution in [0.1, 0.15) is 11.8 Å². The maximum absolute atomic E-state index is 14.1. The molecule has 3 N–H and O–H groups in total. The molecule has 0 radical (unpaired) electrons. The van der Waals surface area contributed by atoms with E-state index in [9.17, 15) is 23.9 Å². The van der Waals surface area contributed by atoms with Crippen LogP contribution in [-0.4, -0.2) is 57.8 Å². The highest BCUT2D eigenvalue weighted by Gasteiger charge is 2.45. The minimum Gasteiger partial charge on any atom is -0.466 e. The van der Waals surface area contributed by atoms with Gasteiger partial charge in [-0.2, -0.15) is 0 Å². The Labute approximate surface area is 128 Å². The van der Waals surface area contributed by atoms with Crippen LogP contribution in [0.25, 0.3) is 6.08 Å². The summed E-state index contributed by atoms with van der Waals surface area (Å²) in [5.74, 6) is -0.724. The zero-order valence-corrected chi connectivity index (χ0v) is 12.0. The van der Waals surface area contributed by atoms with Crippen LogP contribution in [0.4, 0.5) is 4.39 Å². The number of H-pyrrole nitrogens is 1. The van der Waals surface area contributed by atoms with Gasteiger partial charge in [0.15, 0.2) is 12.4 Å². The number of aliphatic hydroxyl groups is 2. The highest BCUT2D eigenvalue weighted by atomic mass is 19.1. The summed E-state index contributed by atoms with van der Waals surface area (Å²) in [6.07, 6.45) is -3.27. The minimum absolute atomic E-state index is 0.118. The molecule has 9 nitrogen and oxygen atoms in total. The molecule has 0 aliphatic carbocycles.